The molecule has 7 nitrogen and oxygen atoms in total. The number of nitrogens with one attached hydrogen (secondary N) is 2. The molecule has 2 saturated heterocycles. The normalized spacial score (nSPS) is 19.6. The van der Waals surface area contributed by atoms with Crippen LogP contribution in [0.3, 0.4) is 0 Å². The first kappa shape index (κ1) is 30.0. The predicted octanol–water partition coefficient (Wildman–Crippen LogP) is 5.01. The number of ether oxygens (including phenoxy) is 1. The Kier molecular flexibility index (Phi) is 10.6. The number of aryl methyl sites for hydroxylation is 1. The van der Waals surface area contributed by atoms with Crippen molar-refractivity contribution in [2.45, 2.75) is 63.9 Å². The van der Waals surface area contributed by atoms with Gasteiger partial charge in [-0.3, -0.25) is 4.79 Å². The molecule has 2 fully saturated rings. The van der Waals surface area contributed by atoms with Gasteiger partial charge in [-0.05, 0) is 86.7 Å². The summed E-state index contributed by atoms with van der Waals surface area (Å²) in [5, 5.41) is 18.6. The summed E-state index contributed by atoms with van der Waals surface area (Å²) in [5.74, 6) is -0.128. The number of nitrogens with zero attached hydrogens (tertiary/aromatic N) is 1. The Morgan fingerprint density at radius 1 is 1.18 bits per heavy atom. The molecule has 2 aromatic rings. The van der Waals surface area contributed by atoms with Gasteiger partial charge < -0.3 is 25.4 Å². The van der Waals surface area contributed by atoms with Crippen molar-refractivity contribution < 1.29 is 23.8 Å². The third-order valence-corrected chi connectivity index (χ3v) is 8.66. The maximum absolute atomic E-state index is 15.6. The van der Waals surface area contributed by atoms with Gasteiger partial charge in [-0.1, -0.05) is 43.3 Å². The summed E-state index contributed by atoms with van der Waals surface area (Å²) in [7, 11) is 1.31. The monoisotopic (exact) mass is 553 g/mol. The van der Waals surface area contributed by atoms with E-state index in [1.54, 1.807) is 6.07 Å². The van der Waals surface area contributed by atoms with Gasteiger partial charge in [0, 0.05) is 37.5 Å². The second-order valence-corrected chi connectivity index (χ2v) is 11.2. The lowest BCUT2D eigenvalue weighted by molar-refractivity contribution is -0.138. The Morgan fingerprint density at radius 3 is 2.70 bits per heavy atom. The molecule has 0 spiro atoms. The van der Waals surface area contributed by atoms with Gasteiger partial charge in [0.1, 0.15) is 5.82 Å². The lowest BCUT2D eigenvalue weighted by Gasteiger charge is -2.44. The Hall–Kier alpha value is -2.97. The Bertz CT molecular complexity index is 1150. The fourth-order valence-electron chi connectivity index (χ4n) is 6.36. The van der Waals surface area contributed by atoms with Crippen LogP contribution in [0.1, 0.15) is 63.0 Å². The molecule has 0 bridgehead atoms. The topological polar surface area (TPSA) is 90.9 Å². The SMILES string of the molecule is CCc1cccc(-c2c(F)cccc2C(O)(CCCNC(=O)OC)[C@@H]2CCCN(C(=O)CC3CCNCC3)C2)c1. The van der Waals surface area contributed by atoms with Crippen LogP contribution < -0.4 is 10.6 Å². The van der Waals surface area contributed by atoms with E-state index in [-0.39, 0.29) is 17.6 Å². The van der Waals surface area contributed by atoms with Crippen LogP contribution in [0.15, 0.2) is 42.5 Å². The Morgan fingerprint density at radius 2 is 1.95 bits per heavy atom. The van der Waals surface area contributed by atoms with E-state index < -0.39 is 11.7 Å². The van der Waals surface area contributed by atoms with Crippen molar-refractivity contribution in [3.63, 3.8) is 0 Å². The molecule has 218 valence electrons. The van der Waals surface area contributed by atoms with E-state index in [9.17, 15) is 14.7 Å². The minimum atomic E-state index is -1.40. The van der Waals surface area contributed by atoms with E-state index in [0.717, 1.165) is 56.3 Å². The van der Waals surface area contributed by atoms with Crippen molar-refractivity contribution in [3.05, 3.63) is 59.4 Å². The number of carbonyl (C=O) groups excluding carboxylic acids is 2. The molecular weight excluding hydrogens is 509 g/mol. The average Bonchev–Trinajstić information content (AvgIpc) is 2.99. The minimum Gasteiger partial charge on any atom is -0.453 e. The maximum Gasteiger partial charge on any atom is 0.406 e. The molecule has 0 radical (unpaired) electrons. The number of likely N-dealkylation sites (tertiary alicyclic amines) is 1. The van der Waals surface area contributed by atoms with Gasteiger partial charge in [0.05, 0.1) is 12.7 Å². The predicted molar refractivity (Wildman–Crippen MR) is 154 cm³/mol. The number of amides is 2. The molecule has 2 aliphatic heterocycles. The van der Waals surface area contributed by atoms with E-state index in [4.69, 9.17) is 4.74 Å². The molecule has 3 N–H and O–H groups in total. The van der Waals surface area contributed by atoms with E-state index in [1.165, 1.54) is 13.2 Å². The largest absolute Gasteiger partial charge is 0.453 e. The first-order chi connectivity index (χ1) is 19.4. The molecule has 0 aliphatic carbocycles. The van der Waals surface area contributed by atoms with E-state index in [0.29, 0.717) is 55.9 Å². The van der Waals surface area contributed by atoms with Crippen molar-refractivity contribution in [1.29, 1.82) is 0 Å². The van der Waals surface area contributed by atoms with E-state index in [2.05, 4.69) is 17.6 Å². The standard InChI is InChI=1S/C32H44FN3O4/c1-3-23-8-4-9-25(20-23)30-27(11-5-12-28(30)33)32(39,15-7-16-35-31(38)40-2)26-10-6-19-36(22-26)29(37)21-24-13-17-34-18-14-24/h4-5,8-9,11-12,20,24,26,34,39H,3,6-7,10,13-19,21-22H2,1-2H3,(H,35,38)/t26-,32?/m1/s1. The summed E-state index contributed by atoms with van der Waals surface area (Å²) in [6.45, 7) is 5.37. The van der Waals surface area contributed by atoms with Gasteiger partial charge >= 0.3 is 6.09 Å². The Labute approximate surface area is 237 Å². The molecule has 2 aromatic carbocycles. The summed E-state index contributed by atoms with van der Waals surface area (Å²) in [4.78, 5) is 26.9. The second kappa shape index (κ2) is 14.1. The third-order valence-electron chi connectivity index (χ3n) is 8.66. The summed E-state index contributed by atoms with van der Waals surface area (Å²) >= 11 is 0. The molecule has 0 aromatic heterocycles. The van der Waals surface area contributed by atoms with Crippen LogP contribution in [0.2, 0.25) is 0 Å². The molecule has 2 amide bonds. The molecule has 4 rings (SSSR count). The zero-order valence-electron chi connectivity index (χ0n) is 23.9. The zero-order valence-corrected chi connectivity index (χ0v) is 23.9. The zero-order chi connectivity index (χ0) is 28.5. The van der Waals surface area contributed by atoms with E-state index >= 15 is 4.39 Å². The van der Waals surface area contributed by atoms with Gasteiger partial charge in [-0.25, -0.2) is 9.18 Å². The molecular formula is C32H44FN3O4. The van der Waals surface area contributed by atoms with E-state index in [1.807, 2.05) is 35.2 Å². The lowest BCUT2D eigenvalue weighted by Crippen LogP contribution is -2.49. The van der Waals surface area contributed by atoms with Crippen LogP contribution in [0.4, 0.5) is 9.18 Å². The number of methoxy groups -OCH3 is 1. The quantitative estimate of drug-likeness (QED) is 0.360. The molecule has 2 atom stereocenters. The number of carbonyl (C=O) groups is 2. The maximum atomic E-state index is 15.6. The lowest BCUT2D eigenvalue weighted by atomic mass is 9.72. The number of benzene rings is 2. The highest BCUT2D eigenvalue weighted by Crippen LogP contribution is 2.44. The first-order valence-corrected chi connectivity index (χ1v) is 14.8. The van der Waals surface area contributed by atoms with Gasteiger partial charge in [-0.15, -0.1) is 0 Å². The number of alkyl carbamates (subject to hydrolysis) is 1. The van der Waals surface area contributed by atoms with Crippen LogP contribution >= 0.6 is 0 Å². The minimum absolute atomic E-state index is 0.140. The van der Waals surface area contributed by atoms with Gasteiger partial charge in [-0.2, -0.15) is 0 Å². The second-order valence-electron chi connectivity index (χ2n) is 11.2. The molecule has 2 aliphatic rings. The van der Waals surface area contributed by atoms with Crippen molar-refractivity contribution in [3.8, 4) is 11.1 Å². The van der Waals surface area contributed by atoms with Crippen molar-refractivity contribution in [2.75, 3.05) is 39.8 Å². The third kappa shape index (κ3) is 7.21. The van der Waals surface area contributed by atoms with Crippen LogP contribution in [0.5, 0.6) is 0 Å². The highest BCUT2D eigenvalue weighted by molar-refractivity contribution is 5.76. The highest BCUT2D eigenvalue weighted by Gasteiger charge is 2.43. The van der Waals surface area contributed by atoms with Crippen molar-refractivity contribution >= 4 is 12.0 Å². The molecule has 2 heterocycles. The number of hydrogen-bond acceptors (Lipinski definition) is 5. The summed E-state index contributed by atoms with van der Waals surface area (Å²) in [5.41, 5.74) is 1.36. The molecule has 0 saturated carbocycles. The number of aliphatic hydroxyl groups is 1. The highest BCUT2D eigenvalue weighted by atomic mass is 19.1. The smallest absolute Gasteiger partial charge is 0.406 e. The number of halogens is 1. The van der Waals surface area contributed by atoms with Gasteiger partial charge in [0.2, 0.25) is 5.91 Å². The summed E-state index contributed by atoms with van der Waals surface area (Å²) in [6, 6.07) is 12.7. The number of rotatable bonds is 10. The fraction of sp³-hybridized carbons (Fsp3) is 0.562. The van der Waals surface area contributed by atoms with Crippen LogP contribution in [0, 0.1) is 17.7 Å². The molecule has 40 heavy (non-hydrogen) atoms. The molecule has 1 unspecified atom stereocenters. The number of hydrogen-bond donors (Lipinski definition) is 3. The van der Waals surface area contributed by atoms with Crippen LogP contribution in [-0.4, -0.2) is 61.8 Å². The first-order valence-electron chi connectivity index (χ1n) is 14.8. The fourth-order valence-corrected chi connectivity index (χ4v) is 6.36. The van der Waals surface area contributed by atoms with Crippen LogP contribution in [-0.2, 0) is 21.6 Å². The summed E-state index contributed by atoms with van der Waals surface area (Å²) < 4.78 is 20.3. The summed E-state index contributed by atoms with van der Waals surface area (Å²) in [6.07, 6.45) is 5.11. The number of piperidine rings is 2. The van der Waals surface area contributed by atoms with Crippen molar-refractivity contribution in [1.82, 2.24) is 15.5 Å². The van der Waals surface area contributed by atoms with Gasteiger partial charge in [0.15, 0.2) is 0 Å². The van der Waals surface area contributed by atoms with Gasteiger partial charge in [0.25, 0.3) is 0 Å². The Balaban J connectivity index is 1.65. The van der Waals surface area contributed by atoms with Crippen molar-refractivity contribution in [2.24, 2.45) is 11.8 Å². The molecule has 8 heteroatoms. The van der Waals surface area contributed by atoms with Crippen LogP contribution in [0.25, 0.3) is 11.1 Å². The average molecular weight is 554 g/mol.